The number of aryl methyl sites for hydroxylation is 1. The van der Waals surface area contributed by atoms with E-state index in [-0.39, 0.29) is 11.9 Å². The standard InChI is InChI=1S/C16H24FNO/c1-3-8-18-16(11-14-5-4-9-19-14)15-7-6-13(17)10-12(15)2/h6-7,10,14,16,18H,3-5,8-9,11H2,1-2H3. The van der Waals surface area contributed by atoms with Crippen molar-refractivity contribution in [1.29, 1.82) is 0 Å². The van der Waals surface area contributed by atoms with Gasteiger partial charge in [0, 0.05) is 12.6 Å². The van der Waals surface area contributed by atoms with Crippen molar-refractivity contribution in [2.24, 2.45) is 0 Å². The van der Waals surface area contributed by atoms with Gasteiger partial charge in [0.15, 0.2) is 0 Å². The van der Waals surface area contributed by atoms with Gasteiger partial charge in [0.05, 0.1) is 6.10 Å². The molecule has 2 nitrogen and oxygen atoms in total. The molecule has 0 amide bonds. The molecule has 0 radical (unpaired) electrons. The van der Waals surface area contributed by atoms with Gasteiger partial charge in [-0.2, -0.15) is 0 Å². The molecule has 3 heteroatoms. The summed E-state index contributed by atoms with van der Waals surface area (Å²) in [6.45, 7) is 6.00. The number of hydrogen-bond donors (Lipinski definition) is 1. The summed E-state index contributed by atoms with van der Waals surface area (Å²) in [5.41, 5.74) is 2.22. The molecule has 1 fully saturated rings. The maximum absolute atomic E-state index is 13.2. The normalized spacial score (nSPS) is 20.7. The Hall–Kier alpha value is -0.930. The summed E-state index contributed by atoms with van der Waals surface area (Å²) in [7, 11) is 0. The first-order valence-corrected chi connectivity index (χ1v) is 7.31. The van der Waals surface area contributed by atoms with Gasteiger partial charge in [-0.3, -0.25) is 0 Å². The van der Waals surface area contributed by atoms with Crippen LogP contribution in [0.2, 0.25) is 0 Å². The fraction of sp³-hybridized carbons (Fsp3) is 0.625. The third kappa shape index (κ3) is 4.02. The molecule has 19 heavy (non-hydrogen) atoms. The van der Waals surface area contributed by atoms with E-state index >= 15 is 0 Å². The van der Waals surface area contributed by atoms with E-state index in [0.717, 1.165) is 44.4 Å². The number of rotatable bonds is 6. The molecular weight excluding hydrogens is 241 g/mol. The van der Waals surface area contributed by atoms with Gasteiger partial charge in [0.1, 0.15) is 5.82 Å². The third-order valence-corrected chi connectivity index (χ3v) is 3.77. The van der Waals surface area contributed by atoms with E-state index in [1.54, 1.807) is 12.1 Å². The molecule has 1 aliphatic heterocycles. The molecular formula is C16H24FNO. The number of ether oxygens (including phenoxy) is 1. The third-order valence-electron chi connectivity index (χ3n) is 3.77. The lowest BCUT2D eigenvalue weighted by Gasteiger charge is -2.23. The highest BCUT2D eigenvalue weighted by molar-refractivity contribution is 5.29. The van der Waals surface area contributed by atoms with Crippen LogP contribution >= 0.6 is 0 Å². The first-order valence-electron chi connectivity index (χ1n) is 7.31. The van der Waals surface area contributed by atoms with Crippen molar-refractivity contribution < 1.29 is 9.13 Å². The van der Waals surface area contributed by atoms with Crippen LogP contribution in [0.15, 0.2) is 18.2 Å². The summed E-state index contributed by atoms with van der Waals surface area (Å²) in [5.74, 6) is -0.160. The van der Waals surface area contributed by atoms with E-state index in [4.69, 9.17) is 4.74 Å². The SMILES string of the molecule is CCCNC(CC1CCCO1)c1ccc(F)cc1C. The van der Waals surface area contributed by atoms with Gasteiger partial charge in [0.25, 0.3) is 0 Å². The van der Waals surface area contributed by atoms with Crippen LogP contribution in [0.5, 0.6) is 0 Å². The minimum atomic E-state index is -0.160. The summed E-state index contributed by atoms with van der Waals surface area (Å²) in [6.07, 6.45) is 4.73. The maximum Gasteiger partial charge on any atom is 0.123 e. The molecule has 2 atom stereocenters. The molecule has 1 heterocycles. The van der Waals surface area contributed by atoms with Crippen molar-refractivity contribution in [2.45, 2.75) is 51.7 Å². The van der Waals surface area contributed by atoms with Gasteiger partial charge in [-0.1, -0.05) is 13.0 Å². The zero-order valence-electron chi connectivity index (χ0n) is 11.9. The molecule has 0 saturated carbocycles. The van der Waals surface area contributed by atoms with Crippen LogP contribution in [0.1, 0.15) is 49.8 Å². The van der Waals surface area contributed by atoms with E-state index in [9.17, 15) is 4.39 Å². The quantitative estimate of drug-likeness (QED) is 0.846. The van der Waals surface area contributed by atoms with Crippen LogP contribution in [-0.2, 0) is 4.74 Å². The van der Waals surface area contributed by atoms with Crippen molar-refractivity contribution in [3.63, 3.8) is 0 Å². The van der Waals surface area contributed by atoms with Gasteiger partial charge in [0.2, 0.25) is 0 Å². The van der Waals surface area contributed by atoms with Crippen LogP contribution in [0, 0.1) is 12.7 Å². The van der Waals surface area contributed by atoms with Crippen LogP contribution in [-0.4, -0.2) is 19.3 Å². The summed E-state index contributed by atoms with van der Waals surface area (Å²) in [6, 6.07) is 5.35. The molecule has 1 aromatic rings. The zero-order valence-corrected chi connectivity index (χ0v) is 11.9. The fourth-order valence-electron chi connectivity index (χ4n) is 2.76. The molecule has 1 N–H and O–H groups in total. The lowest BCUT2D eigenvalue weighted by Crippen LogP contribution is -2.26. The molecule has 0 aliphatic carbocycles. The van der Waals surface area contributed by atoms with Gasteiger partial charge in [-0.15, -0.1) is 0 Å². The number of benzene rings is 1. The topological polar surface area (TPSA) is 21.3 Å². The summed E-state index contributed by atoms with van der Waals surface area (Å²) in [4.78, 5) is 0. The van der Waals surface area contributed by atoms with Crippen LogP contribution in [0.4, 0.5) is 4.39 Å². The highest BCUT2D eigenvalue weighted by atomic mass is 19.1. The number of halogens is 1. The second kappa shape index (κ2) is 7.01. The second-order valence-electron chi connectivity index (χ2n) is 5.38. The second-order valence-corrected chi connectivity index (χ2v) is 5.38. The molecule has 2 rings (SSSR count). The monoisotopic (exact) mass is 265 g/mol. The molecule has 1 aliphatic rings. The number of hydrogen-bond acceptors (Lipinski definition) is 2. The molecule has 1 saturated heterocycles. The first-order chi connectivity index (χ1) is 9.20. The smallest absolute Gasteiger partial charge is 0.123 e. The van der Waals surface area contributed by atoms with Gasteiger partial charge >= 0.3 is 0 Å². The average molecular weight is 265 g/mol. The molecule has 0 bridgehead atoms. The van der Waals surface area contributed by atoms with E-state index in [2.05, 4.69) is 12.2 Å². The summed E-state index contributed by atoms with van der Waals surface area (Å²) in [5, 5.41) is 3.57. The molecule has 1 aromatic carbocycles. The van der Waals surface area contributed by atoms with E-state index < -0.39 is 0 Å². The lowest BCUT2D eigenvalue weighted by molar-refractivity contribution is 0.0945. The Balaban J connectivity index is 2.10. The maximum atomic E-state index is 13.2. The Morgan fingerprint density at radius 1 is 1.47 bits per heavy atom. The van der Waals surface area contributed by atoms with E-state index in [1.807, 2.05) is 13.0 Å². The largest absolute Gasteiger partial charge is 0.378 e. The van der Waals surface area contributed by atoms with Gasteiger partial charge < -0.3 is 10.1 Å². The highest BCUT2D eigenvalue weighted by Crippen LogP contribution is 2.27. The fourth-order valence-corrected chi connectivity index (χ4v) is 2.76. The van der Waals surface area contributed by atoms with Crippen molar-refractivity contribution in [3.05, 3.63) is 35.1 Å². The highest BCUT2D eigenvalue weighted by Gasteiger charge is 2.22. The predicted molar refractivity (Wildman–Crippen MR) is 75.8 cm³/mol. The van der Waals surface area contributed by atoms with Crippen LogP contribution < -0.4 is 5.32 Å². The predicted octanol–water partition coefficient (Wildman–Crippen LogP) is 3.74. The molecule has 2 unspecified atom stereocenters. The Kier molecular flexibility index (Phi) is 5.34. The van der Waals surface area contributed by atoms with E-state index in [0.29, 0.717) is 6.10 Å². The minimum absolute atomic E-state index is 0.160. The Labute approximate surface area is 115 Å². The first kappa shape index (κ1) is 14.5. The molecule has 0 aromatic heterocycles. The number of nitrogens with one attached hydrogen (secondary N) is 1. The Morgan fingerprint density at radius 3 is 2.95 bits per heavy atom. The van der Waals surface area contributed by atoms with Gasteiger partial charge in [-0.05, 0) is 62.4 Å². The average Bonchev–Trinajstić information content (AvgIpc) is 2.88. The van der Waals surface area contributed by atoms with E-state index in [1.165, 1.54) is 5.56 Å². The zero-order chi connectivity index (χ0) is 13.7. The van der Waals surface area contributed by atoms with Gasteiger partial charge in [-0.25, -0.2) is 4.39 Å². The molecule has 0 spiro atoms. The summed E-state index contributed by atoms with van der Waals surface area (Å²) < 4.78 is 19.0. The Bertz CT molecular complexity index is 402. The van der Waals surface area contributed by atoms with Crippen molar-refractivity contribution >= 4 is 0 Å². The van der Waals surface area contributed by atoms with Crippen molar-refractivity contribution in [1.82, 2.24) is 5.32 Å². The minimum Gasteiger partial charge on any atom is -0.378 e. The molecule has 106 valence electrons. The van der Waals surface area contributed by atoms with Crippen molar-refractivity contribution in [2.75, 3.05) is 13.2 Å². The van der Waals surface area contributed by atoms with Crippen molar-refractivity contribution in [3.8, 4) is 0 Å². The summed E-state index contributed by atoms with van der Waals surface area (Å²) >= 11 is 0. The van der Waals surface area contributed by atoms with Crippen LogP contribution in [0.3, 0.4) is 0 Å². The Morgan fingerprint density at radius 2 is 2.32 bits per heavy atom. The lowest BCUT2D eigenvalue weighted by atomic mass is 9.95. The van der Waals surface area contributed by atoms with Crippen LogP contribution in [0.25, 0.3) is 0 Å².